The number of carbonyl (C=O) groups is 5. The molecule has 0 spiro atoms. The number of carboxylic acids is 1. The molecule has 4 unspecified atom stereocenters. The van der Waals surface area contributed by atoms with E-state index in [-0.39, 0.29) is 12.8 Å². The lowest BCUT2D eigenvalue weighted by molar-refractivity contribution is -0.142. The number of carbonyl (C=O) groups excluding carboxylic acids is 4. The molecule has 2 rings (SSSR count). The van der Waals surface area contributed by atoms with E-state index in [2.05, 4.69) is 21.3 Å². The van der Waals surface area contributed by atoms with Crippen molar-refractivity contribution >= 4 is 29.6 Å². The van der Waals surface area contributed by atoms with Gasteiger partial charge in [-0.3, -0.25) is 19.2 Å². The van der Waals surface area contributed by atoms with Gasteiger partial charge in [0.15, 0.2) is 0 Å². The quantitative estimate of drug-likeness (QED) is 0.140. The fourth-order valence-corrected chi connectivity index (χ4v) is 3.94. The highest BCUT2D eigenvalue weighted by Crippen LogP contribution is 2.09. The van der Waals surface area contributed by atoms with Crippen LogP contribution in [0.2, 0.25) is 0 Å². The summed E-state index contributed by atoms with van der Waals surface area (Å²) >= 11 is 0. The van der Waals surface area contributed by atoms with E-state index in [0.29, 0.717) is 32.4 Å². The van der Waals surface area contributed by atoms with Crippen LogP contribution in [0.3, 0.4) is 0 Å². The van der Waals surface area contributed by atoms with E-state index < -0.39 is 60.2 Å². The molecular formula is C24H36N6O6. The smallest absolute Gasteiger partial charge is 0.326 e. The van der Waals surface area contributed by atoms with Crippen LogP contribution in [-0.4, -0.2) is 72.0 Å². The van der Waals surface area contributed by atoms with Crippen molar-refractivity contribution in [3.63, 3.8) is 0 Å². The van der Waals surface area contributed by atoms with Gasteiger partial charge in [-0.05, 0) is 50.8 Å². The second-order valence-corrected chi connectivity index (χ2v) is 8.82. The van der Waals surface area contributed by atoms with Crippen LogP contribution in [-0.2, 0) is 30.4 Å². The van der Waals surface area contributed by atoms with Crippen LogP contribution < -0.4 is 32.7 Å². The molecule has 0 bridgehead atoms. The summed E-state index contributed by atoms with van der Waals surface area (Å²) in [5.74, 6) is -3.91. The first kappa shape index (κ1) is 28.7. The average molecular weight is 505 g/mol. The molecule has 1 heterocycles. The molecular weight excluding hydrogens is 468 g/mol. The molecule has 36 heavy (non-hydrogen) atoms. The standard InChI is InChI=1S/C24H36N6O6/c25-11-5-4-9-17(24(35)36)28-22(33)18(13-15-7-2-1-3-8-15)29-23(34)19(14-20(26)31)30-21(32)16-10-6-12-27-16/h1-3,7-8,16-19,27H,4-6,9-14,25H2,(H2,26,31)(H,28,33)(H,29,34)(H,30,32)(H,35,36). The predicted octanol–water partition coefficient (Wildman–Crippen LogP) is -1.48. The lowest BCUT2D eigenvalue weighted by Gasteiger charge is -2.25. The Balaban J connectivity index is 2.17. The summed E-state index contributed by atoms with van der Waals surface area (Å²) < 4.78 is 0. The van der Waals surface area contributed by atoms with Gasteiger partial charge >= 0.3 is 5.97 Å². The van der Waals surface area contributed by atoms with Crippen molar-refractivity contribution in [2.24, 2.45) is 11.5 Å². The molecule has 4 atom stereocenters. The molecule has 198 valence electrons. The van der Waals surface area contributed by atoms with Crippen molar-refractivity contribution in [3.8, 4) is 0 Å². The molecule has 1 saturated heterocycles. The van der Waals surface area contributed by atoms with E-state index in [1.807, 2.05) is 0 Å². The zero-order valence-corrected chi connectivity index (χ0v) is 20.2. The van der Waals surface area contributed by atoms with E-state index in [0.717, 1.165) is 12.0 Å². The summed E-state index contributed by atoms with van der Waals surface area (Å²) in [6.07, 6.45) is 2.30. The number of nitrogens with two attached hydrogens (primary N) is 2. The number of primary amides is 1. The first-order valence-electron chi connectivity index (χ1n) is 12.1. The van der Waals surface area contributed by atoms with Crippen LogP contribution in [0, 0.1) is 0 Å². The largest absolute Gasteiger partial charge is 0.480 e. The Morgan fingerprint density at radius 2 is 1.64 bits per heavy atom. The van der Waals surface area contributed by atoms with Gasteiger partial charge < -0.3 is 37.8 Å². The maximum Gasteiger partial charge on any atom is 0.326 e. The minimum Gasteiger partial charge on any atom is -0.480 e. The highest BCUT2D eigenvalue weighted by atomic mass is 16.4. The summed E-state index contributed by atoms with van der Waals surface area (Å²) in [4.78, 5) is 62.0. The van der Waals surface area contributed by atoms with Crippen LogP contribution in [0.1, 0.15) is 44.1 Å². The van der Waals surface area contributed by atoms with Gasteiger partial charge in [0, 0.05) is 6.42 Å². The third-order valence-electron chi connectivity index (χ3n) is 5.89. The zero-order valence-electron chi connectivity index (χ0n) is 20.2. The minimum absolute atomic E-state index is 0.0645. The molecule has 1 fully saturated rings. The monoisotopic (exact) mass is 504 g/mol. The van der Waals surface area contributed by atoms with Crippen LogP contribution in [0.15, 0.2) is 30.3 Å². The minimum atomic E-state index is -1.29. The highest BCUT2D eigenvalue weighted by Gasteiger charge is 2.32. The van der Waals surface area contributed by atoms with Gasteiger partial charge in [-0.25, -0.2) is 4.79 Å². The van der Waals surface area contributed by atoms with E-state index >= 15 is 0 Å². The Labute approximate surface area is 209 Å². The van der Waals surface area contributed by atoms with E-state index in [1.165, 1.54) is 0 Å². The predicted molar refractivity (Wildman–Crippen MR) is 131 cm³/mol. The number of amides is 4. The third-order valence-corrected chi connectivity index (χ3v) is 5.89. The number of aliphatic carboxylic acids is 1. The number of nitrogens with one attached hydrogen (secondary N) is 4. The van der Waals surface area contributed by atoms with Crippen LogP contribution in [0.25, 0.3) is 0 Å². The van der Waals surface area contributed by atoms with E-state index in [4.69, 9.17) is 11.5 Å². The van der Waals surface area contributed by atoms with Gasteiger partial charge in [0.05, 0.1) is 12.5 Å². The molecule has 12 heteroatoms. The van der Waals surface area contributed by atoms with Crippen LogP contribution >= 0.6 is 0 Å². The Hall–Kier alpha value is -3.51. The van der Waals surface area contributed by atoms with Gasteiger partial charge in [0.25, 0.3) is 0 Å². The summed E-state index contributed by atoms with van der Waals surface area (Å²) in [5.41, 5.74) is 11.5. The molecule has 1 aromatic carbocycles. The molecule has 1 aromatic rings. The molecule has 1 aliphatic rings. The van der Waals surface area contributed by atoms with Gasteiger partial charge in [-0.2, -0.15) is 0 Å². The second-order valence-electron chi connectivity index (χ2n) is 8.82. The van der Waals surface area contributed by atoms with Crippen molar-refractivity contribution in [3.05, 3.63) is 35.9 Å². The maximum absolute atomic E-state index is 13.1. The van der Waals surface area contributed by atoms with E-state index in [9.17, 15) is 29.1 Å². The first-order valence-corrected chi connectivity index (χ1v) is 12.1. The highest BCUT2D eigenvalue weighted by molar-refractivity contribution is 5.96. The fourth-order valence-electron chi connectivity index (χ4n) is 3.94. The summed E-state index contributed by atoms with van der Waals surface area (Å²) in [6.45, 7) is 1.07. The molecule has 12 nitrogen and oxygen atoms in total. The molecule has 0 radical (unpaired) electrons. The second kappa shape index (κ2) is 14.8. The number of hydrogen-bond acceptors (Lipinski definition) is 7. The Morgan fingerprint density at radius 1 is 0.972 bits per heavy atom. The summed E-state index contributed by atoms with van der Waals surface area (Å²) in [5, 5.41) is 20.1. The number of hydrogen-bond donors (Lipinski definition) is 7. The van der Waals surface area contributed by atoms with Crippen LogP contribution in [0.4, 0.5) is 0 Å². The average Bonchev–Trinajstić information content (AvgIpc) is 3.38. The number of rotatable bonds is 15. The fraction of sp³-hybridized carbons (Fsp3) is 0.542. The van der Waals surface area contributed by atoms with Crippen molar-refractivity contribution in [2.75, 3.05) is 13.1 Å². The zero-order chi connectivity index (χ0) is 26.5. The van der Waals surface area contributed by atoms with Crippen molar-refractivity contribution in [1.29, 1.82) is 0 Å². The molecule has 0 aliphatic carbocycles. The summed E-state index contributed by atoms with van der Waals surface area (Å²) in [7, 11) is 0. The van der Waals surface area contributed by atoms with Gasteiger partial charge in [0.2, 0.25) is 23.6 Å². The number of benzene rings is 1. The van der Waals surface area contributed by atoms with Gasteiger partial charge in [-0.15, -0.1) is 0 Å². The molecule has 1 aliphatic heterocycles. The lowest BCUT2D eigenvalue weighted by atomic mass is 10.0. The number of unbranched alkanes of at least 4 members (excludes halogenated alkanes) is 1. The first-order chi connectivity index (χ1) is 17.2. The lowest BCUT2D eigenvalue weighted by Crippen LogP contribution is -2.58. The number of carboxylic acid groups (broad SMARTS) is 1. The molecule has 4 amide bonds. The van der Waals surface area contributed by atoms with Crippen molar-refractivity contribution < 1.29 is 29.1 Å². The maximum atomic E-state index is 13.1. The van der Waals surface area contributed by atoms with Gasteiger partial charge in [0.1, 0.15) is 18.1 Å². The molecule has 0 aromatic heterocycles. The van der Waals surface area contributed by atoms with Gasteiger partial charge in [-0.1, -0.05) is 30.3 Å². The summed E-state index contributed by atoms with van der Waals surface area (Å²) in [6, 6.07) is 4.76. The Bertz CT molecular complexity index is 906. The van der Waals surface area contributed by atoms with Crippen LogP contribution in [0.5, 0.6) is 0 Å². The SMILES string of the molecule is NCCCCC(NC(=O)C(Cc1ccccc1)NC(=O)C(CC(N)=O)NC(=O)C1CCCN1)C(=O)O. The topological polar surface area (TPSA) is 206 Å². The molecule has 0 saturated carbocycles. The Morgan fingerprint density at radius 3 is 2.22 bits per heavy atom. The van der Waals surface area contributed by atoms with Crippen molar-refractivity contribution in [1.82, 2.24) is 21.3 Å². The van der Waals surface area contributed by atoms with E-state index in [1.54, 1.807) is 30.3 Å². The van der Waals surface area contributed by atoms with Crippen molar-refractivity contribution in [2.45, 2.75) is 69.1 Å². The Kier molecular flexibility index (Phi) is 11.8. The molecule has 9 N–H and O–H groups in total. The third kappa shape index (κ3) is 9.62. The normalized spacial score (nSPS) is 17.4.